The van der Waals surface area contributed by atoms with E-state index in [4.69, 9.17) is 17.2 Å². The van der Waals surface area contributed by atoms with Gasteiger partial charge in [0.25, 0.3) is 0 Å². The maximum Gasteiger partial charge on any atom is 0.246 e. The van der Waals surface area contributed by atoms with Crippen molar-refractivity contribution in [2.75, 3.05) is 13.1 Å². The third-order valence-electron chi connectivity index (χ3n) is 13.7. The summed E-state index contributed by atoms with van der Waals surface area (Å²) in [5, 5.41) is 27.4. The first-order chi connectivity index (χ1) is 34.7. The van der Waals surface area contributed by atoms with Gasteiger partial charge in [-0.3, -0.25) is 38.4 Å². The molecule has 22 heteroatoms. The van der Waals surface area contributed by atoms with Crippen LogP contribution >= 0.6 is 22.7 Å². The van der Waals surface area contributed by atoms with Crippen molar-refractivity contribution in [3.05, 3.63) is 83.2 Å². The standard InChI is InChI=1S/C50H60N12O8S2/c51-34-23-43(64)54-19-7-6-12-35(45(53)65)55-47(67)36(21-31-27-72-41-13-5-4-11-33(31)41)57-49(69)39-22-32(62-26-38(59-60-62)28-15-17-29(18-16-28)40-14-8-20-71-40)25-61(39)50(70)44(30-9-2-1-3-10-30)58-48(68)37(24-42(52)63)56-46(34)66/h4-5,8,11,13-18,20,26-27,30,32,34-37,39,44H,1-3,6-7,9-10,12,19,21-25,51H2,(H2,52,63)(H2,53,65)(H,54,64)(H,55,67)(H,56,66)(H,57,69)(H,58,68)/t32-,34-,35-,36-,37-,39-,44-/m0/s1. The Labute approximate surface area is 423 Å². The first-order valence-corrected chi connectivity index (χ1v) is 26.1. The Morgan fingerprint density at radius 2 is 1.47 bits per heavy atom. The molecule has 20 nitrogen and oxygen atoms in total. The molecule has 1 aliphatic carbocycles. The van der Waals surface area contributed by atoms with Gasteiger partial charge in [0, 0.05) is 41.1 Å². The zero-order valence-electron chi connectivity index (χ0n) is 39.6. The SMILES string of the molecule is NC(=O)C[C@@H]1NC(=O)[C@@H](N)CC(=O)NCCCC[C@@H](C(N)=O)NC(=O)[C@H](Cc2csc3ccccc23)NC(=O)[C@@H]2C[C@H](n3cc(-c4ccc(-c5cccs5)cc4)nn3)CN2C(=O)[C@H](C2CCCCC2)NC1=O. The third-order valence-corrected chi connectivity index (χ3v) is 15.7. The van der Waals surface area contributed by atoms with E-state index in [0.29, 0.717) is 31.4 Å². The van der Waals surface area contributed by atoms with Crippen LogP contribution in [0.3, 0.4) is 0 Å². The summed E-state index contributed by atoms with van der Waals surface area (Å²) in [7, 11) is 0. The monoisotopic (exact) mass is 1020 g/mol. The zero-order chi connectivity index (χ0) is 50.9. The van der Waals surface area contributed by atoms with E-state index in [1.54, 1.807) is 22.2 Å². The summed E-state index contributed by atoms with van der Waals surface area (Å²) in [6, 6.07) is 11.1. The molecule has 5 heterocycles. The van der Waals surface area contributed by atoms with Gasteiger partial charge >= 0.3 is 0 Å². The second-order valence-electron chi connectivity index (χ2n) is 18.8. The Hall–Kier alpha value is -7.04. The molecule has 3 aromatic heterocycles. The smallest absolute Gasteiger partial charge is 0.246 e. The molecule has 0 radical (unpaired) electrons. The van der Waals surface area contributed by atoms with Crippen LogP contribution < -0.4 is 43.8 Å². The van der Waals surface area contributed by atoms with Crippen LogP contribution in [0.4, 0.5) is 0 Å². The van der Waals surface area contributed by atoms with Crippen LogP contribution in [0.5, 0.6) is 0 Å². The molecule has 11 N–H and O–H groups in total. The Balaban J connectivity index is 1.15. The van der Waals surface area contributed by atoms with E-state index >= 15 is 9.59 Å². The molecule has 1 saturated carbocycles. The molecule has 2 aromatic carbocycles. The zero-order valence-corrected chi connectivity index (χ0v) is 41.3. The summed E-state index contributed by atoms with van der Waals surface area (Å²) in [5.74, 6) is -6.42. The molecular weight excluding hydrogens is 961 g/mol. The lowest BCUT2D eigenvalue weighted by Crippen LogP contribution is -2.61. The van der Waals surface area contributed by atoms with Crippen LogP contribution in [0, 0.1) is 5.92 Å². The van der Waals surface area contributed by atoms with Gasteiger partial charge in [-0.2, -0.15) is 0 Å². The van der Waals surface area contributed by atoms with Gasteiger partial charge in [0.1, 0.15) is 35.9 Å². The lowest BCUT2D eigenvalue weighted by molar-refractivity contribution is -0.144. The van der Waals surface area contributed by atoms with Crippen LogP contribution in [0.15, 0.2) is 77.6 Å². The highest BCUT2D eigenvalue weighted by molar-refractivity contribution is 7.17. The summed E-state index contributed by atoms with van der Waals surface area (Å²) in [5.41, 5.74) is 20.7. The Kier molecular flexibility index (Phi) is 16.7. The third kappa shape index (κ3) is 12.5. The number of thiophene rings is 2. The van der Waals surface area contributed by atoms with Crippen molar-refractivity contribution in [3.63, 3.8) is 0 Å². The number of benzene rings is 2. The molecule has 380 valence electrons. The largest absolute Gasteiger partial charge is 0.370 e. The van der Waals surface area contributed by atoms with Crippen molar-refractivity contribution in [2.24, 2.45) is 23.1 Å². The first-order valence-electron chi connectivity index (χ1n) is 24.4. The van der Waals surface area contributed by atoms with E-state index in [1.165, 1.54) is 16.2 Å². The predicted octanol–water partition coefficient (Wildman–Crippen LogP) is 2.17. The van der Waals surface area contributed by atoms with E-state index < -0.39 is 108 Å². The minimum absolute atomic E-state index is 0.0246. The summed E-state index contributed by atoms with van der Waals surface area (Å²) in [6.07, 6.45) is 5.02. The van der Waals surface area contributed by atoms with E-state index in [1.807, 2.05) is 71.4 Å². The number of rotatable bonds is 9. The average molecular weight is 1020 g/mol. The van der Waals surface area contributed by atoms with Gasteiger partial charge in [0.05, 0.1) is 31.1 Å². The minimum Gasteiger partial charge on any atom is -0.370 e. The van der Waals surface area contributed by atoms with Gasteiger partial charge in [-0.25, -0.2) is 4.68 Å². The van der Waals surface area contributed by atoms with Gasteiger partial charge < -0.3 is 48.7 Å². The molecule has 3 aliphatic rings. The van der Waals surface area contributed by atoms with E-state index in [-0.39, 0.29) is 32.4 Å². The average Bonchev–Trinajstić information content (AvgIpc) is 4.22. The number of carbonyl (C=O) groups is 8. The number of primary amides is 2. The van der Waals surface area contributed by atoms with Crippen LogP contribution in [0.25, 0.3) is 31.8 Å². The van der Waals surface area contributed by atoms with Crippen molar-refractivity contribution in [1.29, 1.82) is 0 Å². The number of fused-ring (bicyclic) bond motifs is 2. The Bertz CT molecular complexity index is 2770. The lowest BCUT2D eigenvalue weighted by atomic mass is 9.83. The van der Waals surface area contributed by atoms with E-state index in [0.717, 1.165) is 50.9 Å². The molecule has 0 unspecified atom stereocenters. The highest BCUT2D eigenvalue weighted by Crippen LogP contribution is 2.34. The fourth-order valence-electron chi connectivity index (χ4n) is 9.82. The predicted molar refractivity (Wildman–Crippen MR) is 270 cm³/mol. The molecule has 0 spiro atoms. The number of amides is 8. The summed E-state index contributed by atoms with van der Waals surface area (Å²) in [4.78, 5) is 113. The van der Waals surface area contributed by atoms with E-state index in [9.17, 15) is 28.8 Å². The molecule has 5 aromatic rings. The number of nitrogens with one attached hydrogen (secondary N) is 5. The Morgan fingerprint density at radius 1 is 0.750 bits per heavy atom. The number of nitrogens with two attached hydrogens (primary N) is 3. The van der Waals surface area contributed by atoms with Crippen LogP contribution in [-0.4, -0.2) is 116 Å². The van der Waals surface area contributed by atoms with Crippen molar-refractivity contribution < 1.29 is 38.4 Å². The molecule has 3 fully saturated rings. The van der Waals surface area contributed by atoms with Gasteiger partial charge in [0.15, 0.2) is 0 Å². The maximum absolute atomic E-state index is 15.4. The molecule has 8 amide bonds. The summed E-state index contributed by atoms with van der Waals surface area (Å²) < 4.78 is 2.58. The van der Waals surface area contributed by atoms with Gasteiger partial charge in [-0.15, -0.1) is 27.8 Å². The lowest BCUT2D eigenvalue weighted by Gasteiger charge is -2.35. The topological polar surface area (TPSA) is 309 Å². The number of aromatic nitrogens is 3. The molecule has 72 heavy (non-hydrogen) atoms. The summed E-state index contributed by atoms with van der Waals surface area (Å²) in [6.45, 7) is 0.0853. The second-order valence-corrected chi connectivity index (χ2v) is 20.7. The summed E-state index contributed by atoms with van der Waals surface area (Å²) >= 11 is 3.11. The molecule has 0 bridgehead atoms. The van der Waals surface area contributed by atoms with Gasteiger partial charge in [-0.1, -0.05) is 73.0 Å². The molecule has 2 saturated heterocycles. The van der Waals surface area contributed by atoms with E-state index in [2.05, 4.69) is 36.9 Å². The van der Waals surface area contributed by atoms with Crippen LogP contribution in [0.1, 0.15) is 82.2 Å². The van der Waals surface area contributed by atoms with Crippen molar-refractivity contribution >= 4 is 80.0 Å². The Morgan fingerprint density at radius 3 is 2.21 bits per heavy atom. The van der Waals surface area contributed by atoms with Crippen molar-refractivity contribution in [2.45, 2.75) is 119 Å². The quantitative estimate of drug-likeness (QED) is 0.106. The number of nitrogens with zero attached hydrogens (tertiary/aromatic N) is 4. The normalized spacial score (nSPS) is 24.9. The van der Waals surface area contributed by atoms with Crippen molar-refractivity contribution in [1.82, 2.24) is 46.5 Å². The maximum atomic E-state index is 15.4. The minimum atomic E-state index is -1.56. The number of hydrogen-bond acceptors (Lipinski definition) is 13. The second kappa shape index (κ2) is 23.5. The number of hydrogen-bond donors (Lipinski definition) is 8. The molecular formula is C50H60N12O8S2. The number of carbonyl (C=O) groups excluding carboxylic acids is 8. The van der Waals surface area contributed by atoms with Crippen LogP contribution in [0.2, 0.25) is 0 Å². The van der Waals surface area contributed by atoms with Gasteiger partial charge in [-0.05, 0) is 77.4 Å². The van der Waals surface area contributed by atoms with Crippen LogP contribution in [-0.2, 0) is 44.8 Å². The molecule has 2 aliphatic heterocycles. The highest BCUT2D eigenvalue weighted by Gasteiger charge is 2.46. The highest BCUT2D eigenvalue weighted by atomic mass is 32.1. The fourth-order valence-corrected chi connectivity index (χ4v) is 11.5. The molecule has 7 atom stereocenters. The fraction of sp³-hybridized carbons (Fsp3) is 0.440. The van der Waals surface area contributed by atoms with Gasteiger partial charge in [0.2, 0.25) is 47.3 Å². The van der Waals surface area contributed by atoms with Crippen molar-refractivity contribution in [3.8, 4) is 21.7 Å². The molecule has 8 rings (SSSR count). The first kappa shape index (κ1) is 51.3.